The molecular formula is C18H18BrFN6O. The Morgan fingerprint density at radius 2 is 2.19 bits per heavy atom. The Labute approximate surface area is 164 Å². The number of carbonyl (C=O) groups is 1. The minimum atomic E-state index is -0.585. The SMILES string of the molecule is C[C@@H](NC(=O)c1cc(Br)cc(NCCc2cn[nH]c2)n1)c1cccc(F)n1. The summed E-state index contributed by atoms with van der Waals surface area (Å²) in [6.45, 7) is 2.38. The van der Waals surface area contributed by atoms with Gasteiger partial charge in [-0.2, -0.15) is 9.49 Å². The molecule has 3 aromatic heterocycles. The van der Waals surface area contributed by atoms with Crippen LogP contribution >= 0.6 is 15.9 Å². The molecular weight excluding hydrogens is 415 g/mol. The largest absolute Gasteiger partial charge is 0.370 e. The fourth-order valence-corrected chi connectivity index (χ4v) is 2.90. The Balaban J connectivity index is 1.64. The molecule has 1 atom stereocenters. The number of nitrogens with one attached hydrogen (secondary N) is 3. The fourth-order valence-electron chi connectivity index (χ4n) is 2.46. The summed E-state index contributed by atoms with van der Waals surface area (Å²) in [5.41, 5.74) is 1.77. The van der Waals surface area contributed by atoms with Gasteiger partial charge in [-0.1, -0.05) is 22.0 Å². The van der Waals surface area contributed by atoms with E-state index in [1.807, 2.05) is 6.20 Å². The molecule has 3 N–H and O–H groups in total. The second-order valence-corrected chi connectivity index (χ2v) is 6.84. The number of hydrogen-bond donors (Lipinski definition) is 3. The van der Waals surface area contributed by atoms with Gasteiger partial charge in [0.1, 0.15) is 11.5 Å². The lowest BCUT2D eigenvalue weighted by molar-refractivity contribution is 0.0934. The van der Waals surface area contributed by atoms with E-state index in [4.69, 9.17) is 0 Å². The van der Waals surface area contributed by atoms with E-state index >= 15 is 0 Å². The van der Waals surface area contributed by atoms with Crippen molar-refractivity contribution in [1.82, 2.24) is 25.5 Å². The van der Waals surface area contributed by atoms with Crippen molar-refractivity contribution in [1.29, 1.82) is 0 Å². The molecule has 0 aliphatic carbocycles. The van der Waals surface area contributed by atoms with Gasteiger partial charge in [-0.25, -0.2) is 9.97 Å². The van der Waals surface area contributed by atoms with Gasteiger partial charge < -0.3 is 10.6 Å². The number of pyridine rings is 2. The van der Waals surface area contributed by atoms with Gasteiger partial charge in [0.2, 0.25) is 5.95 Å². The lowest BCUT2D eigenvalue weighted by Crippen LogP contribution is -2.28. The zero-order valence-corrected chi connectivity index (χ0v) is 16.1. The quantitative estimate of drug-likeness (QED) is 0.498. The third-order valence-corrected chi connectivity index (χ3v) is 4.28. The molecule has 0 unspecified atom stereocenters. The van der Waals surface area contributed by atoms with Gasteiger partial charge in [-0.05, 0) is 43.2 Å². The number of nitrogens with zero attached hydrogens (tertiary/aromatic N) is 3. The molecule has 0 fully saturated rings. The van der Waals surface area contributed by atoms with Gasteiger partial charge in [0.15, 0.2) is 0 Å². The van der Waals surface area contributed by atoms with E-state index in [2.05, 4.69) is 46.7 Å². The highest BCUT2D eigenvalue weighted by Crippen LogP contribution is 2.17. The fraction of sp³-hybridized carbons (Fsp3) is 0.222. The lowest BCUT2D eigenvalue weighted by atomic mass is 10.2. The Bertz CT molecular complexity index is 918. The van der Waals surface area contributed by atoms with E-state index in [0.29, 0.717) is 18.1 Å². The molecule has 7 nitrogen and oxygen atoms in total. The summed E-state index contributed by atoms with van der Waals surface area (Å²) in [5.74, 6) is -0.374. The summed E-state index contributed by atoms with van der Waals surface area (Å²) in [7, 11) is 0. The van der Waals surface area contributed by atoms with Gasteiger partial charge >= 0.3 is 0 Å². The van der Waals surface area contributed by atoms with Crippen molar-refractivity contribution >= 4 is 27.7 Å². The number of carbonyl (C=O) groups excluding carboxylic acids is 1. The highest BCUT2D eigenvalue weighted by molar-refractivity contribution is 9.10. The number of H-pyrrole nitrogens is 1. The molecule has 0 bridgehead atoms. The molecule has 9 heteroatoms. The molecule has 0 radical (unpaired) electrons. The molecule has 3 aromatic rings. The smallest absolute Gasteiger partial charge is 0.270 e. The number of hydrogen-bond acceptors (Lipinski definition) is 5. The molecule has 27 heavy (non-hydrogen) atoms. The second kappa shape index (κ2) is 8.72. The number of aromatic nitrogens is 4. The van der Waals surface area contributed by atoms with Gasteiger partial charge in [-0.15, -0.1) is 0 Å². The molecule has 0 saturated heterocycles. The van der Waals surface area contributed by atoms with Crippen LogP contribution in [0.4, 0.5) is 10.2 Å². The highest BCUT2D eigenvalue weighted by Gasteiger charge is 2.15. The van der Waals surface area contributed by atoms with E-state index in [-0.39, 0.29) is 11.6 Å². The van der Waals surface area contributed by atoms with Crippen LogP contribution in [0.15, 0.2) is 47.2 Å². The van der Waals surface area contributed by atoms with Crippen molar-refractivity contribution in [3.8, 4) is 0 Å². The maximum atomic E-state index is 13.3. The molecule has 140 valence electrons. The van der Waals surface area contributed by atoms with Crippen LogP contribution in [0.3, 0.4) is 0 Å². The first-order chi connectivity index (χ1) is 13.0. The summed E-state index contributed by atoms with van der Waals surface area (Å²) in [4.78, 5) is 20.7. The Kier molecular flexibility index (Phi) is 6.12. The van der Waals surface area contributed by atoms with Crippen molar-refractivity contribution in [3.63, 3.8) is 0 Å². The number of rotatable bonds is 7. The molecule has 0 spiro atoms. The Morgan fingerprint density at radius 1 is 1.33 bits per heavy atom. The third kappa shape index (κ3) is 5.33. The van der Waals surface area contributed by atoms with Crippen LogP contribution in [0.5, 0.6) is 0 Å². The topological polar surface area (TPSA) is 95.6 Å². The van der Waals surface area contributed by atoms with Crippen molar-refractivity contribution in [2.24, 2.45) is 0 Å². The zero-order valence-electron chi connectivity index (χ0n) is 14.5. The van der Waals surface area contributed by atoms with Crippen molar-refractivity contribution in [2.75, 3.05) is 11.9 Å². The Hall–Kier alpha value is -2.81. The summed E-state index contributed by atoms with van der Waals surface area (Å²) < 4.78 is 14.0. The van der Waals surface area contributed by atoms with Crippen LogP contribution in [-0.4, -0.2) is 32.6 Å². The molecule has 0 aliphatic heterocycles. The summed E-state index contributed by atoms with van der Waals surface area (Å²) >= 11 is 3.40. The van der Waals surface area contributed by atoms with E-state index < -0.39 is 12.0 Å². The predicted octanol–water partition coefficient (Wildman–Crippen LogP) is 3.25. The molecule has 3 rings (SSSR count). The van der Waals surface area contributed by atoms with E-state index in [1.165, 1.54) is 6.07 Å². The van der Waals surface area contributed by atoms with Gasteiger partial charge in [0, 0.05) is 17.2 Å². The monoisotopic (exact) mass is 432 g/mol. The summed E-state index contributed by atoms with van der Waals surface area (Å²) in [6, 6.07) is 7.44. The summed E-state index contributed by atoms with van der Waals surface area (Å²) in [5, 5.41) is 12.6. The van der Waals surface area contributed by atoms with Gasteiger partial charge in [-0.3, -0.25) is 9.89 Å². The van der Waals surface area contributed by atoms with Crippen LogP contribution < -0.4 is 10.6 Å². The van der Waals surface area contributed by atoms with E-state index in [1.54, 1.807) is 37.4 Å². The number of halogens is 2. The second-order valence-electron chi connectivity index (χ2n) is 5.92. The van der Waals surface area contributed by atoms with Crippen LogP contribution in [0.1, 0.15) is 34.7 Å². The first-order valence-electron chi connectivity index (χ1n) is 8.33. The molecule has 3 heterocycles. The summed E-state index contributed by atoms with van der Waals surface area (Å²) in [6.07, 6.45) is 4.36. The normalized spacial score (nSPS) is 11.8. The molecule has 0 aromatic carbocycles. The maximum Gasteiger partial charge on any atom is 0.270 e. The van der Waals surface area contributed by atoms with E-state index in [0.717, 1.165) is 16.5 Å². The van der Waals surface area contributed by atoms with Crippen LogP contribution in [-0.2, 0) is 6.42 Å². The number of aromatic amines is 1. The number of anilines is 1. The van der Waals surface area contributed by atoms with Crippen LogP contribution in [0.25, 0.3) is 0 Å². The standard InChI is InChI=1S/C18H18BrFN6O/c1-11(14-3-2-4-16(20)25-14)24-18(27)15-7-13(19)8-17(26-15)21-6-5-12-9-22-23-10-12/h2-4,7-11H,5-6H2,1H3,(H,21,26)(H,22,23)(H,24,27)/t11-/m1/s1. The zero-order chi connectivity index (χ0) is 19.2. The average Bonchev–Trinajstić information content (AvgIpc) is 3.14. The number of amides is 1. The highest BCUT2D eigenvalue weighted by atomic mass is 79.9. The third-order valence-electron chi connectivity index (χ3n) is 3.83. The van der Waals surface area contributed by atoms with Crippen LogP contribution in [0.2, 0.25) is 0 Å². The average molecular weight is 433 g/mol. The van der Waals surface area contributed by atoms with Gasteiger partial charge in [0.25, 0.3) is 5.91 Å². The maximum absolute atomic E-state index is 13.3. The van der Waals surface area contributed by atoms with Crippen molar-refractivity contribution in [2.45, 2.75) is 19.4 Å². The minimum absolute atomic E-state index is 0.249. The van der Waals surface area contributed by atoms with Crippen molar-refractivity contribution in [3.05, 3.63) is 70.1 Å². The van der Waals surface area contributed by atoms with E-state index in [9.17, 15) is 9.18 Å². The predicted molar refractivity (Wildman–Crippen MR) is 103 cm³/mol. The molecule has 0 saturated carbocycles. The lowest BCUT2D eigenvalue weighted by Gasteiger charge is -2.14. The molecule has 1 amide bonds. The first-order valence-corrected chi connectivity index (χ1v) is 9.13. The minimum Gasteiger partial charge on any atom is -0.370 e. The van der Waals surface area contributed by atoms with Crippen LogP contribution in [0, 0.1) is 5.95 Å². The molecule has 0 aliphatic rings. The Morgan fingerprint density at radius 3 is 2.93 bits per heavy atom. The van der Waals surface area contributed by atoms with Crippen molar-refractivity contribution < 1.29 is 9.18 Å². The first kappa shape index (κ1) is 19.0. The van der Waals surface area contributed by atoms with Gasteiger partial charge in [0.05, 0.1) is 17.9 Å².